The average molecular weight is 578 g/mol. The number of rotatable bonds is 9. The highest BCUT2D eigenvalue weighted by Crippen LogP contribution is 2.10. The van der Waals surface area contributed by atoms with Crippen molar-refractivity contribution in [3.63, 3.8) is 0 Å². The minimum Gasteiger partial charge on any atom is -0.462 e. The van der Waals surface area contributed by atoms with Crippen LogP contribution in [0.15, 0.2) is 48.5 Å². The van der Waals surface area contributed by atoms with Crippen molar-refractivity contribution in [2.24, 2.45) is 0 Å². The maximum Gasteiger partial charge on any atom is 0.306 e. The molecule has 2 aromatic rings. The average Bonchev–Trinajstić information content (AvgIpc) is 2.64. The van der Waals surface area contributed by atoms with Gasteiger partial charge in [0.2, 0.25) is 0 Å². The molecule has 0 aromatic heterocycles. The van der Waals surface area contributed by atoms with Crippen molar-refractivity contribution < 1.29 is 19.1 Å². The second-order valence-corrected chi connectivity index (χ2v) is 8.19. The Morgan fingerprint density at radius 3 is 1.35 bits per heavy atom. The fraction of sp³-hybridized carbons (Fsp3) is 0.300. The van der Waals surface area contributed by atoms with Crippen LogP contribution in [0, 0.1) is 7.14 Å². The van der Waals surface area contributed by atoms with Crippen molar-refractivity contribution in [3.05, 3.63) is 66.8 Å². The lowest BCUT2D eigenvalue weighted by molar-refractivity contribution is -0.152. The number of carbonyl (C=O) groups is 2. The number of esters is 2. The molecule has 0 atom stereocenters. The van der Waals surface area contributed by atoms with Crippen molar-refractivity contribution in [2.75, 3.05) is 13.2 Å². The Balaban J connectivity index is 1.54. The monoisotopic (exact) mass is 578 g/mol. The molecule has 0 aliphatic heterocycles. The van der Waals surface area contributed by atoms with Crippen LogP contribution >= 0.6 is 45.2 Å². The minimum absolute atomic E-state index is 0.0980. The summed E-state index contributed by atoms with van der Waals surface area (Å²) in [5.74, 6) is -0.558. The molecular formula is C20H20I2O4. The van der Waals surface area contributed by atoms with E-state index in [1.165, 1.54) is 0 Å². The predicted molar refractivity (Wildman–Crippen MR) is 117 cm³/mol. The first kappa shape index (κ1) is 21.1. The Kier molecular flexibility index (Phi) is 9.38. The normalized spacial score (nSPS) is 10.4. The Morgan fingerprint density at radius 2 is 1.00 bits per heavy atom. The van der Waals surface area contributed by atoms with E-state index >= 15 is 0 Å². The van der Waals surface area contributed by atoms with E-state index in [1.807, 2.05) is 48.5 Å². The summed E-state index contributed by atoms with van der Waals surface area (Å²) in [6.45, 7) is 0.196. The molecule has 0 N–H and O–H groups in total. The van der Waals surface area contributed by atoms with Gasteiger partial charge in [-0.05, 0) is 93.4 Å². The van der Waals surface area contributed by atoms with Gasteiger partial charge in [-0.15, -0.1) is 0 Å². The van der Waals surface area contributed by atoms with E-state index in [9.17, 15) is 9.59 Å². The summed E-state index contributed by atoms with van der Waals surface area (Å²) in [4.78, 5) is 23.4. The highest BCUT2D eigenvalue weighted by atomic mass is 127. The third-order valence-electron chi connectivity index (χ3n) is 3.67. The summed E-state index contributed by atoms with van der Waals surface area (Å²) in [6.07, 6.45) is 1.93. The number of hydrogen-bond donors (Lipinski definition) is 0. The molecule has 4 nitrogen and oxygen atoms in total. The van der Waals surface area contributed by atoms with E-state index in [2.05, 4.69) is 45.2 Å². The molecule has 138 valence electrons. The summed E-state index contributed by atoms with van der Waals surface area (Å²) in [7, 11) is 0. The molecule has 6 heteroatoms. The predicted octanol–water partition coefficient (Wildman–Crippen LogP) is 4.55. The fourth-order valence-electron chi connectivity index (χ4n) is 2.25. The van der Waals surface area contributed by atoms with Gasteiger partial charge < -0.3 is 9.47 Å². The molecule has 26 heavy (non-hydrogen) atoms. The number of ether oxygens (including phenoxy) is 2. The largest absolute Gasteiger partial charge is 0.462 e. The topological polar surface area (TPSA) is 52.6 Å². The van der Waals surface area contributed by atoms with Gasteiger partial charge in [0.25, 0.3) is 0 Å². The van der Waals surface area contributed by atoms with Crippen LogP contribution in [-0.2, 0) is 31.9 Å². The SMILES string of the molecule is O=C(CCc1ccc(I)cc1)OCCOC(=O)CCc1ccc(I)cc1. The molecule has 0 unspecified atom stereocenters. The zero-order chi connectivity index (χ0) is 18.8. The second kappa shape index (κ2) is 11.5. The summed E-state index contributed by atoms with van der Waals surface area (Å²) < 4.78 is 12.5. The van der Waals surface area contributed by atoms with Crippen molar-refractivity contribution in [3.8, 4) is 0 Å². The highest BCUT2D eigenvalue weighted by molar-refractivity contribution is 14.1. The van der Waals surface area contributed by atoms with Crippen molar-refractivity contribution in [1.82, 2.24) is 0 Å². The number of halogens is 2. The molecule has 0 spiro atoms. The lowest BCUT2D eigenvalue weighted by Gasteiger charge is -2.07. The summed E-state index contributed by atoms with van der Waals surface area (Å²) in [6, 6.07) is 16.1. The molecule has 0 aliphatic carbocycles. The standard InChI is InChI=1S/C20H20I2O4/c21-17-7-1-15(2-8-17)5-11-19(23)25-13-14-26-20(24)12-6-16-3-9-18(22)10-4-16/h1-4,7-10H,5-6,11-14H2. The third kappa shape index (κ3) is 8.48. The summed E-state index contributed by atoms with van der Waals surface area (Å²) in [5.41, 5.74) is 2.20. The first-order chi connectivity index (χ1) is 12.5. The molecule has 0 aliphatic rings. The van der Waals surface area contributed by atoms with Gasteiger partial charge in [0.05, 0.1) is 0 Å². The number of aryl methyl sites for hydroxylation is 2. The van der Waals surface area contributed by atoms with E-state index in [0.29, 0.717) is 25.7 Å². The molecule has 0 fully saturated rings. The second-order valence-electron chi connectivity index (χ2n) is 5.69. The van der Waals surface area contributed by atoms with E-state index in [4.69, 9.17) is 9.47 Å². The number of carbonyl (C=O) groups excluding carboxylic acids is 2. The van der Waals surface area contributed by atoms with E-state index in [0.717, 1.165) is 18.3 Å². The van der Waals surface area contributed by atoms with Crippen LogP contribution in [0.25, 0.3) is 0 Å². The van der Waals surface area contributed by atoms with Crippen LogP contribution in [0.4, 0.5) is 0 Å². The third-order valence-corrected chi connectivity index (χ3v) is 5.11. The van der Waals surface area contributed by atoms with E-state index in [-0.39, 0.29) is 25.2 Å². The van der Waals surface area contributed by atoms with Crippen LogP contribution in [-0.4, -0.2) is 25.2 Å². The van der Waals surface area contributed by atoms with Crippen LogP contribution in [0.1, 0.15) is 24.0 Å². The molecule has 0 amide bonds. The van der Waals surface area contributed by atoms with Crippen LogP contribution in [0.5, 0.6) is 0 Å². The Hall–Kier alpha value is -1.16. The highest BCUT2D eigenvalue weighted by Gasteiger charge is 2.07. The Morgan fingerprint density at radius 1 is 0.654 bits per heavy atom. The number of hydrogen-bond acceptors (Lipinski definition) is 4. The Bertz CT molecular complexity index is 648. The first-order valence-electron chi connectivity index (χ1n) is 8.33. The van der Waals surface area contributed by atoms with Gasteiger partial charge in [-0.25, -0.2) is 0 Å². The van der Waals surface area contributed by atoms with Gasteiger partial charge in [-0.1, -0.05) is 24.3 Å². The summed E-state index contributed by atoms with van der Waals surface area (Å²) in [5, 5.41) is 0. The molecule has 0 heterocycles. The van der Waals surface area contributed by atoms with Crippen molar-refractivity contribution in [1.29, 1.82) is 0 Å². The van der Waals surface area contributed by atoms with Gasteiger partial charge in [0.15, 0.2) is 0 Å². The zero-order valence-corrected chi connectivity index (χ0v) is 18.6. The molecular weight excluding hydrogens is 558 g/mol. The fourth-order valence-corrected chi connectivity index (χ4v) is 2.97. The van der Waals surface area contributed by atoms with Crippen LogP contribution in [0.3, 0.4) is 0 Å². The molecule has 0 radical (unpaired) electrons. The number of benzene rings is 2. The lowest BCUT2D eigenvalue weighted by atomic mass is 10.1. The smallest absolute Gasteiger partial charge is 0.306 e. The molecule has 0 bridgehead atoms. The van der Waals surface area contributed by atoms with Crippen LogP contribution < -0.4 is 0 Å². The van der Waals surface area contributed by atoms with Crippen molar-refractivity contribution >= 4 is 57.1 Å². The van der Waals surface area contributed by atoms with Gasteiger partial charge in [0.1, 0.15) is 13.2 Å². The Labute approximate surface area is 180 Å². The molecule has 2 aromatic carbocycles. The molecule has 0 saturated heterocycles. The van der Waals surface area contributed by atoms with Gasteiger partial charge in [-0.2, -0.15) is 0 Å². The maximum absolute atomic E-state index is 11.7. The van der Waals surface area contributed by atoms with Crippen LogP contribution in [0.2, 0.25) is 0 Å². The zero-order valence-electron chi connectivity index (χ0n) is 14.3. The van der Waals surface area contributed by atoms with Gasteiger partial charge in [-0.3, -0.25) is 9.59 Å². The minimum atomic E-state index is -0.279. The molecule has 0 saturated carbocycles. The van der Waals surface area contributed by atoms with Crippen molar-refractivity contribution in [2.45, 2.75) is 25.7 Å². The molecule has 2 rings (SSSR count). The maximum atomic E-state index is 11.7. The first-order valence-corrected chi connectivity index (χ1v) is 10.5. The van der Waals surface area contributed by atoms with E-state index in [1.54, 1.807) is 0 Å². The quantitative estimate of drug-likeness (QED) is 0.249. The summed E-state index contributed by atoms with van der Waals surface area (Å²) >= 11 is 4.49. The van der Waals surface area contributed by atoms with Gasteiger partial charge >= 0.3 is 11.9 Å². The van der Waals surface area contributed by atoms with Gasteiger partial charge in [0, 0.05) is 20.0 Å². The lowest BCUT2D eigenvalue weighted by Crippen LogP contribution is -2.14. The van der Waals surface area contributed by atoms with E-state index < -0.39 is 0 Å².